The molecule has 2 aromatic heterocycles. The van der Waals surface area contributed by atoms with E-state index in [1.807, 2.05) is 27.8 Å². The van der Waals surface area contributed by atoms with E-state index >= 15 is 0 Å². The Morgan fingerprint density at radius 2 is 2.10 bits per heavy atom. The average Bonchev–Trinajstić information content (AvgIpc) is 2.97. The third-order valence-electron chi connectivity index (χ3n) is 3.01. The van der Waals surface area contributed by atoms with Crippen molar-refractivity contribution in [3.63, 3.8) is 0 Å². The fourth-order valence-electron chi connectivity index (χ4n) is 2.10. The smallest absolute Gasteiger partial charge is 0.360 e. The second kappa shape index (κ2) is 5.63. The first kappa shape index (κ1) is 15.1. The maximum atomic E-state index is 12.0. The van der Waals surface area contributed by atoms with Crippen molar-refractivity contribution < 1.29 is 9.53 Å². The van der Waals surface area contributed by atoms with Gasteiger partial charge in [0.05, 0.1) is 12.3 Å². The molecule has 0 saturated heterocycles. The summed E-state index contributed by atoms with van der Waals surface area (Å²) < 4.78 is 8.39. The highest BCUT2D eigenvalue weighted by atomic mass is 16.5. The van der Waals surface area contributed by atoms with Crippen molar-refractivity contribution in [1.29, 1.82) is 0 Å². The van der Waals surface area contributed by atoms with Gasteiger partial charge in [-0.15, -0.1) is 5.10 Å². The third kappa shape index (κ3) is 3.09. The molecule has 2 rings (SSSR count). The number of rotatable bonds is 4. The van der Waals surface area contributed by atoms with Crippen molar-refractivity contribution >= 4 is 5.97 Å². The van der Waals surface area contributed by atoms with Crippen LogP contribution in [0, 0.1) is 0 Å². The molecule has 114 valence electrons. The molecule has 0 atom stereocenters. The lowest BCUT2D eigenvalue weighted by Gasteiger charge is -2.20. The number of hydrogen-bond acceptors (Lipinski definition) is 6. The SMILES string of the molecule is CCOC(=O)c1nnn(Cc2ncnn2C)c1C(C)(C)C. The number of carbonyl (C=O) groups is 1. The van der Waals surface area contributed by atoms with Crippen molar-refractivity contribution in [1.82, 2.24) is 29.8 Å². The molecule has 0 bridgehead atoms. The number of esters is 1. The second-order valence-electron chi connectivity index (χ2n) is 5.71. The van der Waals surface area contributed by atoms with Crippen LogP contribution in [-0.2, 0) is 23.7 Å². The lowest BCUT2D eigenvalue weighted by Crippen LogP contribution is -2.23. The minimum Gasteiger partial charge on any atom is -0.461 e. The van der Waals surface area contributed by atoms with Gasteiger partial charge in [0.2, 0.25) is 0 Å². The van der Waals surface area contributed by atoms with Gasteiger partial charge in [-0.1, -0.05) is 26.0 Å². The van der Waals surface area contributed by atoms with Gasteiger partial charge in [-0.2, -0.15) is 5.10 Å². The molecular formula is C13H20N6O2. The topological polar surface area (TPSA) is 87.7 Å². The second-order valence-corrected chi connectivity index (χ2v) is 5.71. The minimum atomic E-state index is -0.452. The molecule has 0 radical (unpaired) electrons. The zero-order valence-corrected chi connectivity index (χ0v) is 13.0. The van der Waals surface area contributed by atoms with E-state index in [4.69, 9.17) is 4.74 Å². The van der Waals surface area contributed by atoms with E-state index < -0.39 is 5.97 Å². The Kier molecular flexibility index (Phi) is 4.06. The van der Waals surface area contributed by atoms with Crippen LogP contribution in [0.2, 0.25) is 0 Å². The normalized spacial score (nSPS) is 11.7. The van der Waals surface area contributed by atoms with Crippen LogP contribution in [0.5, 0.6) is 0 Å². The first-order valence-corrected chi connectivity index (χ1v) is 6.78. The van der Waals surface area contributed by atoms with Gasteiger partial charge in [0.15, 0.2) is 5.69 Å². The molecule has 0 amide bonds. The van der Waals surface area contributed by atoms with Crippen LogP contribution in [0.4, 0.5) is 0 Å². The molecule has 0 aliphatic heterocycles. The summed E-state index contributed by atoms with van der Waals surface area (Å²) in [5.41, 5.74) is 0.681. The van der Waals surface area contributed by atoms with Crippen LogP contribution < -0.4 is 0 Å². The van der Waals surface area contributed by atoms with Gasteiger partial charge in [0.1, 0.15) is 18.7 Å². The molecule has 0 spiro atoms. The van der Waals surface area contributed by atoms with Crippen LogP contribution in [0.15, 0.2) is 6.33 Å². The molecule has 8 nitrogen and oxygen atoms in total. The predicted molar refractivity (Wildman–Crippen MR) is 74.8 cm³/mol. The molecule has 0 aliphatic carbocycles. The van der Waals surface area contributed by atoms with Gasteiger partial charge in [-0.25, -0.2) is 14.5 Å². The lowest BCUT2D eigenvalue weighted by molar-refractivity contribution is 0.0516. The van der Waals surface area contributed by atoms with Crippen molar-refractivity contribution in [3.05, 3.63) is 23.5 Å². The third-order valence-corrected chi connectivity index (χ3v) is 3.01. The van der Waals surface area contributed by atoms with E-state index in [1.165, 1.54) is 6.33 Å². The Morgan fingerprint density at radius 1 is 1.38 bits per heavy atom. The zero-order chi connectivity index (χ0) is 15.6. The number of aryl methyl sites for hydroxylation is 1. The first-order chi connectivity index (χ1) is 9.84. The van der Waals surface area contributed by atoms with Crippen LogP contribution in [-0.4, -0.2) is 42.3 Å². The van der Waals surface area contributed by atoms with E-state index in [-0.39, 0.29) is 11.1 Å². The predicted octanol–water partition coefficient (Wildman–Crippen LogP) is 0.929. The average molecular weight is 292 g/mol. The summed E-state index contributed by atoms with van der Waals surface area (Å²) in [5, 5.41) is 12.1. The van der Waals surface area contributed by atoms with E-state index in [0.29, 0.717) is 13.2 Å². The maximum Gasteiger partial charge on any atom is 0.360 e. The fraction of sp³-hybridized carbons (Fsp3) is 0.615. The van der Waals surface area contributed by atoms with Crippen molar-refractivity contribution in [2.75, 3.05) is 6.61 Å². The number of nitrogens with zero attached hydrogens (tertiary/aromatic N) is 6. The Morgan fingerprint density at radius 3 is 2.62 bits per heavy atom. The van der Waals surface area contributed by atoms with Crippen molar-refractivity contribution in [3.8, 4) is 0 Å². The number of ether oxygens (including phenoxy) is 1. The number of aromatic nitrogens is 6. The van der Waals surface area contributed by atoms with E-state index in [2.05, 4.69) is 20.4 Å². The van der Waals surface area contributed by atoms with Gasteiger partial charge in [0, 0.05) is 12.5 Å². The number of carbonyl (C=O) groups excluding carboxylic acids is 1. The van der Waals surface area contributed by atoms with Gasteiger partial charge in [-0.3, -0.25) is 4.68 Å². The summed E-state index contributed by atoms with van der Waals surface area (Å²) in [6, 6.07) is 0. The van der Waals surface area contributed by atoms with E-state index in [1.54, 1.807) is 16.3 Å². The Labute approximate surface area is 123 Å². The highest BCUT2D eigenvalue weighted by Gasteiger charge is 2.30. The van der Waals surface area contributed by atoms with Crippen LogP contribution in [0.25, 0.3) is 0 Å². The quantitative estimate of drug-likeness (QED) is 0.779. The minimum absolute atomic E-state index is 0.256. The van der Waals surface area contributed by atoms with Crippen LogP contribution >= 0.6 is 0 Å². The summed E-state index contributed by atoms with van der Waals surface area (Å²) in [6.45, 7) is 8.47. The molecule has 0 aliphatic rings. The summed E-state index contributed by atoms with van der Waals surface area (Å²) in [7, 11) is 1.81. The fourth-order valence-corrected chi connectivity index (χ4v) is 2.10. The van der Waals surface area contributed by atoms with Gasteiger partial charge in [0.25, 0.3) is 0 Å². The maximum absolute atomic E-state index is 12.0. The van der Waals surface area contributed by atoms with E-state index in [0.717, 1.165) is 11.5 Å². The van der Waals surface area contributed by atoms with Gasteiger partial charge in [-0.05, 0) is 6.92 Å². The van der Waals surface area contributed by atoms with Crippen molar-refractivity contribution in [2.45, 2.75) is 39.7 Å². The Hall–Kier alpha value is -2.25. The van der Waals surface area contributed by atoms with Crippen LogP contribution in [0.1, 0.15) is 49.7 Å². The molecule has 2 heterocycles. The molecule has 8 heteroatoms. The highest BCUT2D eigenvalue weighted by Crippen LogP contribution is 2.25. The summed E-state index contributed by atoms with van der Waals surface area (Å²) >= 11 is 0. The molecule has 21 heavy (non-hydrogen) atoms. The zero-order valence-electron chi connectivity index (χ0n) is 13.0. The highest BCUT2D eigenvalue weighted by molar-refractivity contribution is 5.88. The largest absolute Gasteiger partial charge is 0.461 e. The Balaban J connectivity index is 2.42. The van der Waals surface area contributed by atoms with Crippen LogP contribution in [0.3, 0.4) is 0 Å². The molecule has 0 aromatic carbocycles. The molecule has 0 saturated carbocycles. The van der Waals surface area contributed by atoms with E-state index in [9.17, 15) is 4.79 Å². The number of hydrogen-bond donors (Lipinski definition) is 0. The Bertz CT molecular complexity index is 637. The first-order valence-electron chi connectivity index (χ1n) is 6.78. The summed E-state index contributed by atoms with van der Waals surface area (Å²) in [6.07, 6.45) is 1.48. The lowest BCUT2D eigenvalue weighted by atomic mass is 9.90. The van der Waals surface area contributed by atoms with Gasteiger partial charge >= 0.3 is 5.97 Å². The monoisotopic (exact) mass is 292 g/mol. The molecule has 2 aromatic rings. The molecule has 0 fully saturated rings. The molecular weight excluding hydrogens is 272 g/mol. The van der Waals surface area contributed by atoms with Gasteiger partial charge < -0.3 is 4.74 Å². The summed E-state index contributed by atoms with van der Waals surface area (Å²) in [4.78, 5) is 16.2. The standard InChI is InChI=1S/C13H20N6O2/c1-6-21-12(20)10-11(13(2,3)4)19(17-16-10)7-9-14-8-15-18(9)5/h8H,6-7H2,1-5H3. The molecule has 0 unspecified atom stereocenters. The summed E-state index contributed by atoms with van der Waals surface area (Å²) in [5.74, 6) is 0.285. The molecule has 0 N–H and O–H groups in total. The van der Waals surface area contributed by atoms with Crippen molar-refractivity contribution in [2.24, 2.45) is 7.05 Å².